The Bertz CT molecular complexity index is 39.8. The molecule has 0 nitrogen and oxygen atoms in total. The molecule has 0 radical (unpaired) electrons. The number of halogens is 1. The van der Waals surface area contributed by atoms with E-state index in [1.165, 1.54) is 38.5 Å². The Balaban J connectivity index is 0. The van der Waals surface area contributed by atoms with Crippen LogP contribution in [0.5, 0.6) is 0 Å². The largest absolute Gasteiger partial charge is 0.197 e. The van der Waals surface area contributed by atoms with E-state index >= 15 is 0 Å². The molecule has 0 amide bonds. The summed E-state index contributed by atoms with van der Waals surface area (Å²) in [6.07, 6.45) is 8.23. The molecule has 0 unspecified atom stereocenters. The van der Waals surface area contributed by atoms with Crippen LogP contribution in [0.3, 0.4) is 0 Å². The standard InChI is InChI=1S/C5H11Cl.C3H6.H2S/c1-2-3-4-5-6;1-2-3-1;/h2-5H2,1H3;1-3H2;1H2. The van der Waals surface area contributed by atoms with Gasteiger partial charge in [0.2, 0.25) is 0 Å². The quantitative estimate of drug-likeness (QED) is 0.461. The third kappa shape index (κ3) is 23.4. The first-order valence-electron chi connectivity index (χ1n) is 3.97. The molecule has 0 N–H and O–H groups in total. The van der Waals surface area contributed by atoms with Crippen LogP contribution in [0.4, 0.5) is 0 Å². The van der Waals surface area contributed by atoms with Crippen LogP contribution in [0, 0.1) is 0 Å². The second-order valence-corrected chi connectivity index (χ2v) is 2.83. The van der Waals surface area contributed by atoms with E-state index in [4.69, 9.17) is 11.6 Å². The number of alkyl halides is 1. The van der Waals surface area contributed by atoms with Crippen LogP contribution in [0.15, 0.2) is 0 Å². The van der Waals surface area contributed by atoms with E-state index in [9.17, 15) is 0 Å². The minimum Gasteiger partial charge on any atom is -0.197 e. The van der Waals surface area contributed by atoms with Gasteiger partial charge in [-0.3, -0.25) is 0 Å². The molecule has 0 atom stereocenters. The van der Waals surface area contributed by atoms with Crippen LogP contribution >= 0.6 is 25.1 Å². The first kappa shape index (κ1) is 13.2. The van der Waals surface area contributed by atoms with Gasteiger partial charge in [0.05, 0.1) is 0 Å². The Hall–Kier alpha value is 0.640. The van der Waals surface area contributed by atoms with E-state index < -0.39 is 0 Å². The van der Waals surface area contributed by atoms with Gasteiger partial charge in [-0.2, -0.15) is 13.5 Å². The lowest BCUT2D eigenvalue weighted by atomic mass is 10.3. The molecule has 1 rings (SSSR count). The highest BCUT2D eigenvalue weighted by atomic mass is 35.5. The summed E-state index contributed by atoms with van der Waals surface area (Å²) in [5.74, 6) is 0.827. The molecule has 1 aliphatic rings. The zero-order chi connectivity index (χ0) is 6.95. The van der Waals surface area contributed by atoms with E-state index in [1.807, 2.05) is 0 Å². The van der Waals surface area contributed by atoms with Crippen molar-refractivity contribution in [1.82, 2.24) is 0 Å². The topological polar surface area (TPSA) is 0 Å². The van der Waals surface area contributed by atoms with Gasteiger partial charge in [-0.25, -0.2) is 0 Å². The van der Waals surface area contributed by atoms with E-state index in [2.05, 4.69) is 6.92 Å². The van der Waals surface area contributed by atoms with E-state index in [-0.39, 0.29) is 13.5 Å². The number of unbranched alkanes of at least 4 members (excludes halogenated alkanes) is 2. The lowest BCUT2D eigenvalue weighted by molar-refractivity contribution is 0.776. The van der Waals surface area contributed by atoms with Gasteiger partial charge >= 0.3 is 0 Å². The molecule has 1 aliphatic carbocycles. The highest BCUT2D eigenvalue weighted by molar-refractivity contribution is 7.59. The summed E-state index contributed by atoms with van der Waals surface area (Å²) in [4.78, 5) is 0. The summed E-state index contributed by atoms with van der Waals surface area (Å²) in [5, 5.41) is 0. The molecular weight excluding hydrogens is 164 g/mol. The van der Waals surface area contributed by atoms with Crippen molar-refractivity contribution in [2.75, 3.05) is 5.88 Å². The van der Waals surface area contributed by atoms with Crippen LogP contribution < -0.4 is 0 Å². The molecule has 0 saturated heterocycles. The van der Waals surface area contributed by atoms with Crippen molar-refractivity contribution in [3.8, 4) is 0 Å². The lowest BCUT2D eigenvalue weighted by Crippen LogP contribution is -1.70. The summed E-state index contributed by atoms with van der Waals surface area (Å²) < 4.78 is 0. The van der Waals surface area contributed by atoms with Crippen molar-refractivity contribution in [1.29, 1.82) is 0 Å². The maximum absolute atomic E-state index is 5.38. The molecule has 0 spiro atoms. The van der Waals surface area contributed by atoms with Crippen molar-refractivity contribution in [2.24, 2.45) is 0 Å². The highest BCUT2D eigenvalue weighted by Crippen LogP contribution is 2.14. The van der Waals surface area contributed by atoms with Crippen molar-refractivity contribution in [3.05, 3.63) is 0 Å². The van der Waals surface area contributed by atoms with E-state index in [1.54, 1.807) is 0 Å². The zero-order valence-electron chi connectivity index (χ0n) is 6.83. The smallest absolute Gasteiger partial charge is 0.0223 e. The molecular formula is C8H19ClS. The van der Waals surface area contributed by atoms with Crippen LogP contribution in [-0.2, 0) is 0 Å². The molecule has 2 heteroatoms. The summed E-state index contributed by atoms with van der Waals surface area (Å²) >= 11 is 5.38. The van der Waals surface area contributed by atoms with Crippen molar-refractivity contribution < 1.29 is 0 Å². The van der Waals surface area contributed by atoms with E-state index in [0.717, 1.165) is 5.88 Å². The Labute approximate surface area is 76.8 Å². The highest BCUT2D eigenvalue weighted by Gasteiger charge is 1.95. The van der Waals surface area contributed by atoms with Crippen molar-refractivity contribution >= 4 is 25.1 Å². The number of hydrogen-bond acceptors (Lipinski definition) is 0. The van der Waals surface area contributed by atoms with Crippen LogP contribution in [-0.4, -0.2) is 5.88 Å². The fourth-order valence-corrected chi connectivity index (χ4v) is 0.533. The van der Waals surface area contributed by atoms with Gasteiger partial charge in [-0.05, 0) is 6.42 Å². The maximum Gasteiger partial charge on any atom is 0.0223 e. The van der Waals surface area contributed by atoms with Crippen LogP contribution in [0.25, 0.3) is 0 Å². The predicted molar refractivity (Wildman–Crippen MR) is 54.5 cm³/mol. The summed E-state index contributed by atoms with van der Waals surface area (Å²) in [5.41, 5.74) is 0. The van der Waals surface area contributed by atoms with Gasteiger partial charge in [0.1, 0.15) is 0 Å². The second-order valence-electron chi connectivity index (χ2n) is 2.46. The molecule has 0 aliphatic heterocycles. The molecule has 1 saturated carbocycles. The molecule has 0 bridgehead atoms. The lowest BCUT2D eigenvalue weighted by Gasteiger charge is -1.84. The van der Waals surface area contributed by atoms with Gasteiger partial charge in [0.25, 0.3) is 0 Å². The average Bonchev–Trinajstić information content (AvgIpc) is 2.67. The number of hydrogen-bond donors (Lipinski definition) is 0. The number of rotatable bonds is 3. The van der Waals surface area contributed by atoms with Crippen LogP contribution in [0.2, 0.25) is 0 Å². The second kappa shape index (κ2) is 12.3. The van der Waals surface area contributed by atoms with Crippen molar-refractivity contribution in [3.63, 3.8) is 0 Å². The normalized spacial score (nSPS) is 12.6. The minimum absolute atomic E-state index is 0. The van der Waals surface area contributed by atoms with Gasteiger partial charge in [-0.1, -0.05) is 39.0 Å². The Morgan fingerprint density at radius 3 is 1.70 bits per heavy atom. The minimum atomic E-state index is 0. The zero-order valence-corrected chi connectivity index (χ0v) is 8.58. The van der Waals surface area contributed by atoms with Gasteiger partial charge < -0.3 is 0 Å². The Morgan fingerprint density at radius 1 is 1.10 bits per heavy atom. The third-order valence-corrected chi connectivity index (χ3v) is 1.36. The SMILES string of the molecule is C1CC1.CCCCCCl.S. The molecule has 0 aromatic heterocycles. The molecule has 10 heavy (non-hydrogen) atoms. The monoisotopic (exact) mass is 182 g/mol. The van der Waals surface area contributed by atoms with Crippen molar-refractivity contribution in [2.45, 2.75) is 45.4 Å². The van der Waals surface area contributed by atoms with Crippen LogP contribution in [0.1, 0.15) is 45.4 Å². The predicted octanol–water partition coefficient (Wildman–Crippen LogP) is 3.70. The molecule has 0 heterocycles. The molecule has 0 aromatic rings. The molecule has 0 aromatic carbocycles. The molecule has 64 valence electrons. The maximum atomic E-state index is 5.38. The summed E-state index contributed by atoms with van der Waals surface area (Å²) in [6, 6.07) is 0. The third-order valence-electron chi connectivity index (χ3n) is 1.09. The first-order valence-corrected chi connectivity index (χ1v) is 4.51. The fraction of sp³-hybridized carbons (Fsp3) is 1.00. The summed E-state index contributed by atoms with van der Waals surface area (Å²) in [6.45, 7) is 2.17. The fourth-order valence-electron chi connectivity index (χ4n) is 0.344. The summed E-state index contributed by atoms with van der Waals surface area (Å²) in [7, 11) is 0. The Morgan fingerprint density at radius 2 is 1.60 bits per heavy atom. The van der Waals surface area contributed by atoms with Gasteiger partial charge in [0.15, 0.2) is 0 Å². The Kier molecular flexibility index (Phi) is 16.3. The first-order chi connectivity index (χ1) is 4.41. The van der Waals surface area contributed by atoms with E-state index in [0.29, 0.717) is 0 Å². The van der Waals surface area contributed by atoms with Gasteiger partial charge in [0, 0.05) is 5.88 Å². The van der Waals surface area contributed by atoms with Gasteiger partial charge in [-0.15, -0.1) is 11.6 Å². The molecule has 1 fully saturated rings. The average molecular weight is 183 g/mol.